The summed E-state index contributed by atoms with van der Waals surface area (Å²) in [5, 5.41) is 8.34. The molecular formula is C8H10FN3O. The fourth-order valence-electron chi connectivity index (χ4n) is 0.862. The van der Waals surface area contributed by atoms with Crippen LogP contribution in [0.1, 0.15) is 5.56 Å². The smallest absolute Gasteiger partial charge is 0.218 e. The van der Waals surface area contributed by atoms with Crippen molar-refractivity contribution in [2.45, 2.75) is 6.92 Å². The number of nitrogens with one attached hydrogen (secondary N) is 1. The normalized spacial score (nSPS) is 11.5. The van der Waals surface area contributed by atoms with Gasteiger partial charge in [0.25, 0.3) is 0 Å². The van der Waals surface area contributed by atoms with E-state index in [0.717, 1.165) is 0 Å². The predicted molar refractivity (Wildman–Crippen MR) is 47.3 cm³/mol. The minimum Gasteiger partial charge on any atom is -0.368 e. The number of guanidine groups is 1. The molecule has 0 aromatic heterocycles. The highest BCUT2D eigenvalue weighted by Gasteiger charge is 1.97. The van der Waals surface area contributed by atoms with Crippen molar-refractivity contribution in [3.63, 3.8) is 0 Å². The van der Waals surface area contributed by atoms with Crippen LogP contribution in [0.3, 0.4) is 0 Å². The number of benzene rings is 1. The van der Waals surface area contributed by atoms with E-state index in [9.17, 15) is 4.39 Å². The lowest BCUT2D eigenvalue weighted by Crippen LogP contribution is -2.27. The van der Waals surface area contributed by atoms with Crippen molar-refractivity contribution in [2.24, 2.45) is 10.7 Å². The van der Waals surface area contributed by atoms with Crippen molar-refractivity contribution in [3.8, 4) is 0 Å². The molecule has 4 N–H and O–H groups in total. The van der Waals surface area contributed by atoms with Crippen molar-refractivity contribution in [2.75, 3.05) is 0 Å². The summed E-state index contributed by atoms with van der Waals surface area (Å²) < 4.78 is 12.8. The molecule has 70 valence electrons. The van der Waals surface area contributed by atoms with E-state index in [1.165, 1.54) is 18.2 Å². The lowest BCUT2D eigenvalue weighted by atomic mass is 10.2. The third kappa shape index (κ3) is 2.41. The van der Waals surface area contributed by atoms with E-state index in [1.54, 1.807) is 12.4 Å². The molecule has 0 amide bonds. The fraction of sp³-hybridized carbons (Fsp3) is 0.125. The summed E-state index contributed by atoms with van der Waals surface area (Å²) in [7, 11) is 0. The Morgan fingerprint density at radius 3 is 2.85 bits per heavy atom. The second-order valence-electron chi connectivity index (χ2n) is 2.54. The number of aryl methyl sites for hydroxylation is 1. The fourth-order valence-corrected chi connectivity index (χ4v) is 0.862. The molecule has 0 aliphatic rings. The first kappa shape index (κ1) is 9.47. The van der Waals surface area contributed by atoms with E-state index < -0.39 is 0 Å². The Morgan fingerprint density at radius 2 is 2.31 bits per heavy atom. The Bertz CT molecular complexity index is 338. The molecule has 5 heteroatoms. The van der Waals surface area contributed by atoms with Gasteiger partial charge in [0.15, 0.2) is 0 Å². The molecule has 0 unspecified atom stereocenters. The Balaban J connectivity index is 2.98. The zero-order chi connectivity index (χ0) is 9.84. The van der Waals surface area contributed by atoms with E-state index in [2.05, 4.69) is 4.99 Å². The third-order valence-corrected chi connectivity index (χ3v) is 1.51. The van der Waals surface area contributed by atoms with Gasteiger partial charge >= 0.3 is 0 Å². The van der Waals surface area contributed by atoms with Crippen LogP contribution in [-0.2, 0) is 0 Å². The van der Waals surface area contributed by atoms with Gasteiger partial charge in [-0.25, -0.2) is 14.9 Å². The minimum absolute atomic E-state index is 0.133. The average molecular weight is 183 g/mol. The third-order valence-electron chi connectivity index (χ3n) is 1.51. The SMILES string of the molecule is Cc1cc(N=C(N)NO)ccc1F. The van der Waals surface area contributed by atoms with Crippen molar-refractivity contribution in [1.29, 1.82) is 0 Å². The Hall–Kier alpha value is -1.62. The number of rotatable bonds is 1. The monoisotopic (exact) mass is 183 g/mol. The summed E-state index contributed by atoms with van der Waals surface area (Å²) in [6.45, 7) is 1.62. The maximum absolute atomic E-state index is 12.8. The van der Waals surface area contributed by atoms with Gasteiger partial charge in [0, 0.05) is 0 Å². The highest BCUT2D eigenvalue weighted by molar-refractivity contribution is 5.79. The summed E-state index contributed by atoms with van der Waals surface area (Å²) in [4.78, 5) is 3.75. The maximum atomic E-state index is 12.8. The number of nitrogens with zero attached hydrogens (tertiary/aromatic N) is 1. The Morgan fingerprint density at radius 1 is 1.62 bits per heavy atom. The number of halogens is 1. The number of hydrogen-bond acceptors (Lipinski definition) is 2. The topological polar surface area (TPSA) is 70.6 Å². The van der Waals surface area contributed by atoms with E-state index in [0.29, 0.717) is 11.3 Å². The molecule has 1 rings (SSSR count). The van der Waals surface area contributed by atoms with E-state index in [4.69, 9.17) is 10.9 Å². The van der Waals surface area contributed by atoms with Crippen LogP contribution in [0.5, 0.6) is 0 Å². The van der Waals surface area contributed by atoms with Crippen LogP contribution < -0.4 is 11.2 Å². The zero-order valence-electron chi connectivity index (χ0n) is 7.08. The van der Waals surface area contributed by atoms with E-state index >= 15 is 0 Å². The Kier molecular flexibility index (Phi) is 2.81. The van der Waals surface area contributed by atoms with Gasteiger partial charge in [-0.15, -0.1) is 0 Å². The first-order valence-corrected chi connectivity index (χ1v) is 3.64. The maximum Gasteiger partial charge on any atom is 0.218 e. The van der Waals surface area contributed by atoms with E-state index in [-0.39, 0.29) is 11.8 Å². The van der Waals surface area contributed by atoms with Gasteiger partial charge in [0.2, 0.25) is 5.96 Å². The summed E-state index contributed by atoms with van der Waals surface area (Å²) in [5.74, 6) is -0.430. The molecule has 0 radical (unpaired) electrons. The van der Waals surface area contributed by atoms with Crippen LogP contribution in [0.2, 0.25) is 0 Å². The predicted octanol–water partition coefficient (Wildman–Crippen LogP) is 1.06. The minimum atomic E-state index is -0.297. The van der Waals surface area contributed by atoms with Gasteiger partial charge in [0.05, 0.1) is 5.69 Å². The van der Waals surface area contributed by atoms with Crippen LogP contribution in [-0.4, -0.2) is 11.2 Å². The van der Waals surface area contributed by atoms with Gasteiger partial charge in [-0.2, -0.15) is 0 Å². The van der Waals surface area contributed by atoms with Gasteiger partial charge in [0.1, 0.15) is 5.82 Å². The molecule has 13 heavy (non-hydrogen) atoms. The number of aliphatic imine (C=N–C) groups is 1. The molecule has 0 aliphatic heterocycles. The second kappa shape index (κ2) is 3.86. The van der Waals surface area contributed by atoms with Crippen LogP contribution >= 0.6 is 0 Å². The molecule has 0 aliphatic carbocycles. The van der Waals surface area contributed by atoms with Crippen LogP contribution in [0.4, 0.5) is 10.1 Å². The highest BCUT2D eigenvalue weighted by atomic mass is 19.1. The largest absolute Gasteiger partial charge is 0.368 e. The number of hydrogen-bond donors (Lipinski definition) is 3. The molecule has 0 heterocycles. The van der Waals surface area contributed by atoms with Crippen LogP contribution in [0.15, 0.2) is 23.2 Å². The van der Waals surface area contributed by atoms with Gasteiger partial charge in [-0.1, -0.05) is 0 Å². The molecule has 1 aromatic rings. The summed E-state index contributed by atoms with van der Waals surface area (Å²) in [5.41, 5.74) is 7.83. The summed E-state index contributed by atoms with van der Waals surface area (Å²) in [6, 6.07) is 4.28. The lowest BCUT2D eigenvalue weighted by molar-refractivity contribution is 0.233. The van der Waals surface area contributed by atoms with Gasteiger partial charge < -0.3 is 5.73 Å². The quantitative estimate of drug-likeness (QED) is 0.346. The molecule has 4 nitrogen and oxygen atoms in total. The molecule has 0 saturated carbocycles. The van der Waals surface area contributed by atoms with E-state index in [1.807, 2.05) is 0 Å². The van der Waals surface area contributed by atoms with Crippen LogP contribution in [0, 0.1) is 12.7 Å². The highest BCUT2D eigenvalue weighted by Crippen LogP contribution is 2.15. The lowest BCUT2D eigenvalue weighted by Gasteiger charge is -1.99. The van der Waals surface area contributed by atoms with Crippen LogP contribution in [0.25, 0.3) is 0 Å². The molecule has 0 saturated heterocycles. The average Bonchev–Trinajstić information content (AvgIpc) is 2.11. The first-order chi connectivity index (χ1) is 6.13. The summed E-state index contributed by atoms with van der Waals surface area (Å²) >= 11 is 0. The molecule has 1 aromatic carbocycles. The van der Waals surface area contributed by atoms with Crippen molar-refractivity contribution < 1.29 is 9.60 Å². The molecule has 0 atom stereocenters. The molecule has 0 fully saturated rings. The number of hydroxylamine groups is 1. The first-order valence-electron chi connectivity index (χ1n) is 3.64. The summed E-state index contributed by atoms with van der Waals surface area (Å²) in [6.07, 6.45) is 0. The van der Waals surface area contributed by atoms with Gasteiger partial charge in [-0.05, 0) is 30.7 Å². The van der Waals surface area contributed by atoms with Crippen molar-refractivity contribution >= 4 is 11.6 Å². The van der Waals surface area contributed by atoms with Crippen molar-refractivity contribution in [1.82, 2.24) is 5.48 Å². The second-order valence-corrected chi connectivity index (χ2v) is 2.54. The van der Waals surface area contributed by atoms with Crippen molar-refractivity contribution in [3.05, 3.63) is 29.6 Å². The standard InChI is InChI=1S/C8H10FN3O/c1-5-4-6(2-3-7(5)9)11-8(10)12-13/h2-4,13H,1H3,(H3,10,11,12). The Labute approximate surface area is 74.9 Å². The molecular weight excluding hydrogens is 173 g/mol. The molecule has 0 spiro atoms. The molecule has 0 bridgehead atoms. The zero-order valence-corrected chi connectivity index (χ0v) is 7.08. The van der Waals surface area contributed by atoms with Gasteiger partial charge in [-0.3, -0.25) is 5.21 Å². The number of nitrogens with two attached hydrogens (primary N) is 1.